The average molecular weight is 547 g/mol. The van der Waals surface area contributed by atoms with Gasteiger partial charge in [0.25, 0.3) is 0 Å². The Balaban J connectivity index is 1.77. The van der Waals surface area contributed by atoms with E-state index in [-0.39, 0.29) is 30.9 Å². The Kier molecular flexibility index (Phi) is 8.48. The fourth-order valence-electron chi connectivity index (χ4n) is 4.25. The first-order chi connectivity index (χ1) is 17.7. The zero-order valence-electron chi connectivity index (χ0n) is 20.7. The van der Waals surface area contributed by atoms with Crippen LogP contribution in [0.15, 0.2) is 64.7 Å². The van der Waals surface area contributed by atoms with Crippen LogP contribution in [0.1, 0.15) is 30.9 Å². The molecule has 0 aliphatic carbocycles. The first-order valence-electron chi connectivity index (χ1n) is 12.1. The second kappa shape index (κ2) is 11.6. The number of nitrogens with one attached hydrogen (secondary N) is 1. The maximum absolute atomic E-state index is 13.3. The Morgan fingerprint density at radius 1 is 1.14 bits per heavy atom. The van der Waals surface area contributed by atoms with Gasteiger partial charge in [0.05, 0.1) is 25.5 Å². The highest BCUT2D eigenvalue weighted by molar-refractivity contribution is 7.87. The van der Waals surface area contributed by atoms with Crippen molar-refractivity contribution < 1.29 is 17.9 Å². The number of ether oxygens (including phenoxy) is 1. The van der Waals surface area contributed by atoms with E-state index < -0.39 is 22.2 Å². The summed E-state index contributed by atoms with van der Waals surface area (Å²) in [6.45, 7) is 4.90. The maximum Gasteiger partial charge on any atom is 0.304 e. The molecule has 4 rings (SSSR count). The molecule has 1 saturated heterocycles. The Bertz CT molecular complexity index is 1260. The van der Waals surface area contributed by atoms with E-state index in [0.717, 1.165) is 16.8 Å². The molecule has 0 aromatic heterocycles. The first-order valence-corrected chi connectivity index (χ1v) is 13.9. The van der Waals surface area contributed by atoms with Crippen molar-refractivity contribution >= 4 is 39.4 Å². The normalized spacial score (nSPS) is 20.1. The van der Waals surface area contributed by atoms with Gasteiger partial charge in [-0.2, -0.15) is 17.8 Å². The summed E-state index contributed by atoms with van der Waals surface area (Å²) in [4.78, 5) is 16.7. The molecule has 3 N–H and O–H groups in total. The smallest absolute Gasteiger partial charge is 0.304 e. The molecule has 2 heterocycles. The van der Waals surface area contributed by atoms with Crippen molar-refractivity contribution in [3.05, 3.63) is 70.7 Å². The molecule has 10 nitrogen and oxygen atoms in total. The molecule has 0 bridgehead atoms. The molecule has 2 aromatic carbocycles. The van der Waals surface area contributed by atoms with Gasteiger partial charge in [0.2, 0.25) is 11.9 Å². The van der Waals surface area contributed by atoms with Crippen LogP contribution >= 0.6 is 11.6 Å². The summed E-state index contributed by atoms with van der Waals surface area (Å²) >= 11 is 6.11. The molecule has 2 aromatic rings. The highest BCUT2D eigenvalue weighted by Crippen LogP contribution is 2.30. The number of primary amides is 1. The van der Waals surface area contributed by atoms with Gasteiger partial charge in [0, 0.05) is 24.0 Å². The van der Waals surface area contributed by atoms with Gasteiger partial charge < -0.3 is 10.5 Å². The summed E-state index contributed by atoms with van der Waals surface area (Å²) in [5.41, 5.74) is 8.19. The van der Waals surface area contributed by atoms with Crippen LogP contribution in [0.2, 0.25) is 5.02 Å². The molecule has 1 fully saturated rings. The lowest BCUT2D eigenvalue weighted by Gasteiger charge is -2.28. The van der Waals surface area contributed by atoms with Gasteiger partial charge in [0.1, 0.15) is 6.04 Å². The summed E-state index contributed by atoms with van der Waals surface area (Å²) in [5.74, 6) is -1.16. The second-order valence-electron chi connectivity index (χ2n) is 9.20. The highest BCUT2D eigenvalue weighted by atomic mass is 35.5. The van der Waals surface area contributed by atoms with Crippen LogP contribution in [0, 0.1) is 5.92 Å². The number of nitrogens with two attached hydrogens (primary N) is 1. The van der Waals surface area contributed by atoms with Gasteiger partial charge in [0.15, 0.2) is 0 Å². The van der Waals surface area contributed by atoms with Crippen LogP contribution in [0.4, 0.5) is 0 Å². The monoisotopic (exact) mass is 546 g/mol. The lowest BCUT2D eigenvalue weighted by atomic mass is 9.91. The van der Waals surface area contributed by atoms with Crippen LogP contribution < -0.4 is 10.5 Å². The number of guanidine groups is 1. The van der Waals surface area contributed by atoms with E-state index in [2.05, 4.69) is 9.71 Å². The van der Waals surface area contributed by atoms with Crippen LogP contribution in [0.25, 0.3) is 0 Å². The first kappa shape index (κ1) is 27.1. The van der Waals surface area contributed by atoms with Crippen molar-refractivity contribution in [2.75, 3.05) is 32.8 Å². The summed E-state index contributed by atoms with van der Waals surface area (Å²) in [7, 11) is -3.99. The lowest BCUT2D eigenvalue weighted by molar-refractivity contribution is -0.120. The third kappa shape index (κ3) is 6.48. The Labute approximate surface area is 222 Å². The number of morpholine rings is 1. The van der Waals surface area contributed by atoms with Crippen LogP contribution in [0.5, 0.6) is 0 Å². The fraction of sp³-hybridized carbons (Fsp3) is 0.400. The summed E-state index contributed by atoms with van der Waals surface area (Å²) in [5, 5.41) is 6.89. The zero-order chi connectivity index (χ0) is 26.6. The summed E-state index contributed by atoms with van der Waals surface area (Å²) < 4.78 is 35.7. The van der Waals surface area contributed by atoms with Crippen LogP contribution in [0.3, 0.4) is 0 Å². The van der Waals surface area contributed by atoms with Crippen molar-refractivity contribution in [3.63, 3.8) is 0 Å². The van der Waals surface area contributed by atoms with Gasteiger partial charge in [-0.05, 0) is 29.2 Å². The van der Waals surface area contributed by atoms with Crippen molar-refractivity contribution in [1.29, 1.82) is 0 Å². The molecule has 0 spiro atoms. The minimum Gasteiger partial charge on any atom is -0.379 e. The van der Waals surface area contributed by atoms with Crippen molar-refractivity contribution in [3.8, 4) is 0 Å². The standard InChI is InChI=1S/C25H31ClN6O4S/c1-17(2)22(24(27)33)28-25(30-37(34,35)31-12-14-36-15-13-31)32-16-21(18-6-4-3-5-7-18)23(29-32)19-8-10-20(26)11-9-19/h3-11,17,21-22H,12-16H2,1-2H3,(H2,27,33)(H,28,30). The molecule has 2 aliphatic heterocycles. The number of aliphatic imine (C=N–C) groups is 1. The van der Waals surface area contributed by atoms with Gasteiger partial charge in [-0.25, -0.2) is 14.7 Å². The van der Waals surface area contributed by atoms with E-state index in [9.17, 15) is 13.2 Å². The van der Waals surface area contributed by atoms with Crippen molar-refractivity contribution in [2.24, 2.45) is 21.7 Å². The predicted molar refractivity (Wildman–Crippen MR) is 144 cm³/mol. The third-order valence-electron chi connectivity index (χ3n) is 6.22. The van der Waals surface area contributed by atoms with Crippen molar-refractivity contribution in [1.82, 2.24) is 14.0 Å². The van der Waals surface area contributed by atoms with E-state index in [0.29, 0.717) is 24.8 Å². The number of carbonyl (C=O) groups excluding carboxylic acids is 1. The van der Waals surface area contributed by atoms with Gasteiger partial charge in [-0.3, -0.25) is 4.79 Å². The van der Waals surface area contributed by atoms with Crippen LogP contribution in [-0.2, 0) is 19.7 Å². The van der Waals surface area contributed by atoms with E-state index in [1.165, 1.54) is 9.31 Å². The minimum absolute atomic E-state index is 0.0612. The molecule has 1 amide bonds. The molecule has 2 unspecified atom stereocenters. The zero-order valence-corrected chi connectivity index (χ0v) is 22.3. The maximum atomic E-state index is 13.3. The molecule has 0 saturated carbocycles. The molecule has 0 radical (unpaired) electrons. The summed E-state index contributed by atoms with van der Waals surface area (Å²) in [6, 6.07) is 16.1. The Hall–Kier alpha value is -2.99. The largest absolute Gasteiger partial charge is 0.379 e. The molecular formula is C25H31ClN6O4S. The number of halogens is 1. The molecule has 2 atom stereocenters. The number of hydrogen-bond acceptors (Lipinski definition) is 6. The number of hydrazone groups is 1. The topological polar surface area (TPSA) is 130 Å². The molecule has 2 aliphatic rings. The SMILES string of the molecule is CC(C)C(N=C(NS(=O)(=O)N1CCOCC1)N1CC(c2ccccc2)C(c2ccc(Cl)cc2)=N1)C(N)=O. The lowest BCUT2D eigenvalue weighted by Crippen LogP contribution is -2.52. The number of carbonyl (C=O) groups is 1. The Morgan fingerprint density at radius 3 is 2.38 bits per heavy atom. The second-order valence-corrected chi connectivity index (χ2v) is 11.3. The molecule has 37 heavy (non-hydrogen) atoms. The predicted octanol–water partition coefficient (Wildman–Crippen LogP) is 2.18. The van der Waals surface area contributed by atoms with Gasteiger partial charge in [-0.1, -0.05) is 67.9 Å². The van der Waals surface area contributed by atoms with E-state index >= 15 is 0 Å². The van der Waals surface area contributed by atoms with Crippen LogP contribution in [-0.4, -0.2) is 74.2 Å². The van der Waals surface area contributed by atoms with Gasteiger partial charge in [-0.15, -0.1) is 0 Å². The number of rotatable bonds is 7. The highest BCUT2D eigenvalue weighted by Gasteiger charge is 2.35. The molecular weight excluding hydrogens is 516 g/mol. The van der Waals surface area contributed by atoms with E-state index in [1.807, 2.05) is 42.5 Å². The quantitative estimate of drug-likeness (QED) is 0.406. The minimum atomic E-state index is -3.99. The van der Waals surface area contributed by atoms with Crippen molar-refractivity contribution in [2.45, 2.75) is 25.8 Å². The molecule has 12 heteroatoms. The number of amides is 1. The van der Waals surface area contributed by atoms with E-state index in [4.69, 9.17) is 27.2 Å². The summed E-state index contributed by atoms with van der Waals surface area (Å²) in [6.07, 6.45) is 0. The number of hydrogen-bond donors (Lipinski definition) is 2. The third-order valence-corrected chi connectivity index (χ3v) is 7.95. The number of benzene rings is 2. The average Bonchev–Trinajstić information content (AvgIpc) is 3.33. The molecule has 198 valence electrons. The fourth-order valence-corrected chi connectivity index (χ4v) is 5.52. The van der Waals surface area contributed by atoms with E-state index in [1.54, 1.807) is 26.0 Å². The Morgan fingerprint density at radius 2 is 1.78 bits per heavy atom. The van der Waals surface area contributed by atoms with Gasteiger partial charge >= 0.3 is 10.2 Å². The number of nitrogens with zero attached hydrogens (tertiary/aromatic N) is 4.